The van der Waals surface area contributed by atoms with E-state index in [0.29, 0.717) is 36.0 Å². The monoisotopic (exact) mass is 353 g/mol. The van der Waals surface area contributed by atoms with Gasteiger partial charge in [-0.1, -0.05) is 30.3 Å². The highest BCUT2D eigenvalue weighted by Crippen LogP contribution is 2.38. The number of ether oxygens (including phenoxy) is 2. The Morgan fingerprint density at radius 2 is 1.92 bits per heavy atom. The summed E-state index contributed by atoms with van der Waals surface area (Å²) in [6.45, 7) is 1.04. The molecule has 2 aromatic rings. The molecule has 0 radical (unpaired) electrons. The van der Waals surface area contributed by atoms with Crippen molar-refractivity contribution in [1.82, 2.24) is 4.90 Å². The Bertz CT molecular complexity index is 853. The van der Waals surface area contributed by atoms with Crippen LogP contribution in [0.4, 0.5) is 11.4 Å². The van der Waals surface area contributed by atoms with E-state index in [1.54, 1.807) is 17.0 Å². The van der Waals surface area contributed by atoms with Gasteiger partial charge >= 0.3 is 0 Å². The average molecular weight is 353 g/mol. The van der Waals surface area contributed by atoms with Crippen molar-refractivity contribution >= 4 is 23.2 Å². The molecule has 0 spiro atoms. The van der Waals surface area contributed by atoms with Crippen LogP contribution in [-0.2, 0) is 16.1 Å². The fraction of sp³-hybridized carbons (Fsp3) is 0.263. The largest absolute Gasteiger partial charge is 0.454 e. The van der Waals surface area contributed by atoms with Crippen LogP contribution in [0.1, 0.15) is 12.0 Å². The van der Waals surface area contributed by atoms with E-state index < -0.39 is 5.92 Å². The maximum Gasteiger partial charge on any atom is 0.231 e. The SMILES string of the molecule is Nc1cc2c(cc1NC(=O)C1CC(=O)N(Cc3ccccc3)C1)OCO2. The highest BCUT2D eigenvalue weighted by atomic mass is 16.7. The molecule has 4 rings (SSSR count). The number of nitrogen functional groups attached to an aromatic ring is 1. The van der Waals surface area contributed by atoms with Crippen LogP contribution in [0.3, 0.4) is 0 Å². The van der Waals surface area contributed by atoms with Gasteiger partial charge in [-0.2, -0.15) is 0 Å². The second-order valence-electron chi connectivity index (χ2n) is 6.44. The van der Waals surface area contributed by atoms with Crippen LogP contribution in [0.5, 0.6) is 11.5 Å². The number of anilines is 2. The van der Waals surface area contributed by atoms with Crippen LogP contribution in [0.2, 0.25) is 0 Å². The van der Waals surface area contributed by atoms with Gasteiger partial charge in [-0.3, -0.25) is 9.59 Å². The highest BCUT2D eigenvalue weighted by molar-refractivity contribution is 5.99. The summed E-state index contributed by atoms with van der Waals surface area (Å²) in [4.78, 5) is 26.6. The molecule has 0 aliphatic carbocycles. The molecule has 26 heavy (non-hydrogen) atoms. The minimum Gasteiger partial charge on any atom is -0.454 e. The first-order chi connectivity index (χ1) is 12.6. The molecule has 134 valence electrons. The number of hydrogen-bond donors (Lipinski definition) is 2. The number of hydrogen-bond acceptors (Lipinski definition) is 5. The number of carbonyl (C=O) groups is 2. The normalized spacial score (nSPS) is 18.2. The zero-order chi connectivity index (χ0) is 18.1. The summed E-state index contributed by atoms with van der Waals surface area (Å²) in [6.07, 6.45) is 0.198. The number of carbonyl (C=O) groups excluding carboxylic acids is 2. The predicted octanol–water partition coefficient (Wildman–Crippen LogP) is 1.98. The van der Waals surface area contributed by atoms with Gasteiger partial charge in [0.1, 0.15) is 0 Å². The van der Waals surface area contributed by atoms with E-state index in [2.05, 4.69) is 5.32 Å². The van der Waals surface area contributed by atoms with E-state index in [-0.39, 0.29) is 25.0 Å². The lowest BCUT2D eigenvalue weighted by atomic mass is 10.1. The van der Waals surface area contributed by atoms with E-state index in [1.165, 1.54) is 0 Å². The zero-order valence-electron chi connectivity index (χ0n) is 14.1. The molecule has 2 aliphatic rings. The number of nitrogens with zero attached hydrogens (tertiary/aromatic N) is 1. The van der Waals surface area contributed by atoms with Gasteiger partial charge in [0, 0.05) is 31.6 Å². The van der Waals surface area contributed by atoms with Crippen LogP contribution in [-0.4, -0.2) is 30.1 Å². The molecule has 2 aromatic carbocycles. The summed E-state index contributed by atoms with van der Waals surface area (Å²) in [6, 6.07) is 13.0. The lowest BCUT2D eigenvalue weighted by molar-refractivity contribution is -0.128. The van der Waals surface area contributed by atoms with Crippen molar-refractivity contribution in [3.63, 3.8) is 0 Å². The van der Waals surface area contributed by atoms with Crippen molar-refractivity contribution < 1.29 is 19.1 Å². The Kier molecular flexibility index (Phi) is 4.12. The van der Waals surface area contributed by atoms with E-state index in [4.69, 9.17) is 15.2 Å². The van der Waals surface area contributed by atoms with Gasteiger partial charge in [-0.15, -0.1) is 0 Å². The Balaban J connectivity index is 1.42. The first kappa shape index (κ1) is 16.3. The summed E-state index contributed by atoms with van der Waals surface area (Å²) in [5, 5.41) is 2.81. The standard InChI is InChI=1S/C19H19N3O4/c20-14-7-16-17(26-11-25-16)8-15(14)21-19(24)13-6-18(23)22(10-13)9-12-4-2-1-3-5-12/h1-5,7-8,13H,6,9-11,20H2,(H,21,24). The molecular formula is C19H19N3O4. The smallest absolute Gasteiger partial charge is 0.231 e. The van der Waals surface area contributed by atoms with Crippen LogP contribution in [0.15, 0.2) is 42.5 Å². The quantitative estimate of drug-likeness (QED) is 0.820. The molecule has 7 heteroatoms. The number of benzene rings is 2. The van der Waals surface area contributed by atoms with E-state index in [9.17, 15) is 9.59 Å². The van der Waals surface area contributed by atoms with Crippen molar-refractivity contribution in [2.75, 3.05) is 24.4 Å². The summed E-state index contributed by atoms with van der Waals surface area (Å²) < 4.78 is 10.6. The molecular weight excluding hydrogens is 334 g/mol. The van der Waals surface area contributed by atoms with Gasteiger partial charge in [-0.25, -0.2) is 0 Å². The zero-order valence-corrected chi connectivity index (χ0v) is 14.1. The number of fused-ring (bicyclic) bond motifs is 1. The molecule has 1 fully saturated rings. The molecule has 1 unspecified atom stereocenters. The van der Waals surface area contributed by atoms with E-state index in [0.717, 1.165) is 5.56 Å². The van der Waals surface area contributed by atoms with Gasteiger partial charge in [0.2, 0.25) is 18.6 Å². The summed E-state index contributed by atoms with van der Waals surface area (Å²) in [7, 11) is 0. The maximum atomic E-state index is 12.6. The van der Waals surface area contributed by atoms with Gasteiger partial charge in [0.05, 0.1) is 17.3 Å². The van der Waals surface area contributed by atoms with Crippen molar-refractivity contribution in [2.24, 2.45) is 5.92 Å². The van der Waals surface area contributed by atoms with Crippen LogP contribution in [0.25, 0.3) is 0 Å². The molecule has 1 saturated heterocycles. The summed E-state index contributed by atoms with van der Waals surface area (Å²) in [5.41, 5.74) is 7.88. The van der Waals surface area contributed by atoms with Crippen molar-refractivity contribution in [3.05, 3.63) is 48.0 Å². The third-order valence-corrected chi connectivity index (χ3v) is 4.60. The third kappa shape index (κ3) is 3.15. The Labute approximate surface area is 150 Å². The van der Waals surface area contributed by atoms with Crippen molar-refractivity contribution in [3.8, 4) is 11.5 Å². The second kappa shape index (κ2) is 6.59. The van der Waals surface area contributed by atoms with Crippen LogP contribution < -0.4 is 20.5 Å². The Hall–Kier alpha value is -3.22. The van der Waals surface area contributed by atoms with E-state index in [1.807, 2.05) is 30.3 Å². The molecule has 0 bridgehead atoms. The number of likely N-dealkylation sites (tertiary alicyclic amines) is 1. The molecule has 2 heterocycles. The molecule has 1 atom stereocenters. The van der Waals surface area contributed by atoms with Gasteiger partial charge in [0.25, 0.3) is 0 Å². The van der Waals surface area contributed by atoms with Gasteiger partial charge < -0.3 is 25.4 Å². The number of nitrogens with two attached hydrogens (primary N) is 1. The first-order valence-corrected chi connectivity index (χ1v) is 8.42. The number of amides is 2. The molecule has 0 saturated carbocycles. The maximum absolute atomic E-state index is 12.6. The molecule has 2 amide bonds. The minimum atomic E-state index is -0.406. The lowest BCUT2D eigenvalue weighted by Gasteiger charge is -2.17. The molecule has 7 nitrogen and oxygen atoms in total. The Morgan fingerprint density at radius 1 is 1.19 bits per heavy atom. The van der Waals surface area contributed by atoms with Crippen LogP contribution in [0, 0.1) is 5.92 Å². The average Bonchev–Trinajstić information content (AvgIpc) is 3.23. The van der Waals surface area contributed by atoms with E-state index >= 15 is 0 Å². The fourth-order valence-electron chi connectivity index (χ4n) is 3.21. The van der Waals surface area contributed by atoms with Gasteiger partial charge in [-0.05, 0) is 5.56 Å². The minimum absolute atomic E-state index is 0.0207. The lowest BCUT2D eigenvalue weighted by Crippen LogP contribution is -2.28. The fourth-order valence-corrected chi connectivity index (χ4v) is 3.21. The van der Waals surface area contributed by atoms with Crippen LogP contribution >= 0.6 is 0 Å². The number of nitrogens with one attached hydrogen (secondary N) is 1. The number of rotatable bonds is 4. The first-order valence-electron chi connectivity index (χ1n) is 8.42. The summed E-state index contributed by atoms with van der Waals surface area (Å²) in [5.74, 6) is 0.455. The Morgan fingerprint density at radius 3 is 2.69 bits per heavy atom. The molecule has 3 N–H and O–H groups in total. The van der Waals surface area contributed by atoms with Crippen molar-refractivity contribution in [2.45, 2.75) is 13.0 Å². The molecule has 0 aromatic heterocycles. The third-order valence-electron chi connectivity index (χ3n) is 4.60. The summed E-state index contributed by atoms with van der Waals surface area (Å²) >= 11 is 0. The van der Waals surface area contributed by atoms with Gasteiger partial charge in [0.15, 0.2) is 11.5 Å². The van der Waals surface area contributed by atoms with Crippen molar-refractivity contribution in [1.29, 1.82) is 0 Å². The topological polar surface area (TPSA) is 93.9 Å². The highest BCUT2D eigenvalue weighted by Gasteiger charge is 2.34. The predicted molar refractivity (Wildman–Crippen MR) is 95.6 cm³/mol. The molecule has 2 aliphatic heterocycles. The second-order valence-corrected chi connectivity index (χ2v) is 6.44.